The zero-order valence-corrected chi connectivity index (χ0v) is 11.0. The minimum Gasteiger partial charge on any atom is -0.493 e. The number of aliphatic hydroxyl groups is 1. The predicted molar refractivity (Wildman–Crippen MR) is 70.1 cm³/mol. The van der Waals surface area contributed by atoms with Crippen molar-refractivity contribution in [3.05, 3.63) is 23.8 Å². The van der Waals surface area contributed by atoms with E-state index in [1.54, 1.807) is 14.2 Å². The first-order valence-electron chi connectivity index (χ1n) is 6.30. The second-order valence-electron chi connectivity index (χ2n) is 4.83. The smallest absolute Gasteiger partial charge is 0.161 e. The largest absolute Gasteiger partial charge is 0.493 e. The number of hydrogen-bond donors (Lipinski definition) is 2. The Hall–Kier alpha value is -1.26. The summed E-state index contributed by atoms with van der Waals surface area (Å²) >= 11 is 0. The van der Waals surface area contributed by atoms with Gasteiger partial charge in [-0.25, -0.2) is 0 Å². The average molecular weight is 251 g/mol. The summed E-state index contributed by atoms with van der Waals surface area (Å²) in [5, 5.41) is 12.8. The number of rotatable bonds is 6. The van der Waals surface area contributed by atoms with Crippen LogP contribution in [-0.2, 0) is 6.54 Å². The van der Waals surface area contributed by atoms with E-state index < -0.39 is 0 Å². The molecule has 0 radical (unpaired) electrons. The van der Waals surface area contributed by atoms with Gasteiger partial charge < -0.3 is 19.9 Å². The number of nitrogens with one attached hydrogen (secondary N) is 1. The van der Waals surface area contributed by atoms with Crippen LogP contribution in [0.25, 0.3) is 0 Å². The molecule has 0 bridgehead atoms. The zero-order chi connectivity index (χ0) is 13.0. The summed E-state index contributed by atoms with van der Waals surface area (Å²) in [4.78, 5) is 0. The summed E-state index contributed by atoms with van der Waals surface area (Å²) in [6.07, 6.45) is 3.30. The molecule has 1 saturated carbocycles. The van der Waals surface area contributed by atoms with Crippen LogP contribution in [-0.4, -0.2) is 31.5 Å². The fourth-order valence-corrected chi connectivity index (χ4v) is 2.27. The minimum atomic E-state index is -0.0623. The van der Waals surface area contributed by atoms with Gasteiger partial charge in [-0.15, -0.1) is 0 Å². The van der Waals surface area contributed by atoms with Crippen LogP contribution in [0.5, 0.6) is 11.5 Å². The highest BCUT2D eigenvalue weighted by atomic mass is 16.5. The molecule has 2 N–H and O–H groups in total. The van der Waals surface area contributed by atoms with E-state index in [4.69, 9.17) is 9.47 Å². The van der Waals surface area contributed by atoms with Crippen molar-refractivity contribution in [3.63, 3.8) is 0 Å². The van der Waals surface area contributed by atoms with Gasteiger partial charge in [-0.3, -0.25) is 0 Å². The summed E-state index contributed by atoms with van der Waals surface area (Å²) in [5.74, 6) is 1.48. The van der Waals surface area contributed by atoms with Crippen molar-refractivity contribution in [2.75, 3.05) is 20.8 Å². The number of ether oxygens (including phenoxy) is 2. The van der Waals surface area contributed by atoms with Gasteiger partial charge in [0.25, 0.3) is 0 Å². The molecule has 0 amide bonds. The lowest BCUT2D eigenvalue weighted by Gasteiger charge is -2.41. The summed E-state index contributed by atoms with van der Waals surface area (Å²) < 4.78 is 10.5. The van der Waals surface area contributed by atoms with Crippen LogP contribution in [0.2, 0.25) is 0 Å². The molecule has 4 nitrogen and oxygen atoms in total. The summed E-state index contributed by atoms with van der Waals surface area (Å²) in [7, 11) is 3.26. The molecule has 0 atom stereocenters. The normalized spacial score (nSPS) is 17.1. The molecule has 0 unspecified atom stereocenters. The van der Waals surface area contributed by atoms with Gasteiger partial charge >= 0.3 is 0 Å². The Bertz CT molecular complexity index is 397. The van der Waals surface area contributed by atoms with Crippen LogP contribution in [0, 0.1) is 0 Å². The maximum absolute atomic E-state index is 9.39. The maximum Gasteiger partial charge on any atom is 0.161 e. The third kappa shape index (κ3) is 2.60. The molecule has 100 valence electrons. The van der Waals surface area contributed by atoms with Gasteiger partial charge in [0.2, 0.25) is 0 Å². The summed E-state index contributed by atoms with van der Waals surface area (Å²) in [5.41, 5.74) is 1.07. The minimum absolute atomic E-state index is 0.0623. The van der Waals surface area contributed by atoms with Crippen molar-refractivity contribution in [3.8, 4) is 11.5 Å². The van der Waals surface area contributed by atoms with E-state index in [-0.39, 0.29) is 12.1 Å². The van der Waals surface area contributed by atoms with Gasteiger partial charge in [0.1, 0.15) is 0 Å². The molecule has 0 saturated heterocycles. The molecule has 0 aliphatic heterocycles. The van der Waals surface area contributed by atoms with Crippen molar-refractivity contribution >= 4 is 0 Å². The Labute approximate surface area is 108 Å². The Kier molecular flexibility index (Phi) is 4.09. The first-order chi connectivity index (χ1) is 8.73. The van der Waals surface area contributed by atoms with Gasteiger partial charge in [0.15, 0.2) is 11.5 Å². The Balaban J connectivity index is 2.01. The number of hydrogen-bond acceptors (Lipinski definition) is 4. The molecule has 0 heterocycles. The topological polar surface area (TPSA) is 50.7 Å². The highest BCUT2D eigenvalue weighted by Gasteiger charge is 2.35. The zero-order valence-electron chi connectivity index (χ0n) is 11.0. The van der Waals surface area contributed by atoms with Gasteiger partial charge in [0.05, 0.1) is 20.8 Å². The Morgan fingerprint density at radius 3 is 2.44 bits per heavy atom. The maximum atomic E-state index is 9.39. The number of methoxy groups -OCH3 is 2. The van der Waals surface area contributed by atoms with Crippen LogP contribution in [0.1, 0.15) is 24.8 Å². The molecule has 1 aliphatic rings. The molecule has 1 aromatic rings. The van der Waals surface area contributed by atoms with E-state index >= 15 is 0 Å². The molecule has 1 aliphatic carbocycles. The highest BCUT2D eigenvalue weighted by Crippen LogP contribution is 2.32. The monoisotopic (exact) mass is 251 g/mol. The molecule has 0 spiro atoms. The first-order valence-corrected chi connectivity index (χ1v) is 6.30. The van der Waals surface area contributed by atoms with Crippen molar-refractivity contribution in [2.24, 2.45) is 0 Å². The molecule has 0 aromatic heterocycles. The van der Waals surface area contributed by atoms with Gasteiger partial charge in [-0.05, 0) is 37.0 Å². The predicted octanol–water partition coefficient (Wildman–Crippen LogP) is 1.71. The van der Waals surface area contributed by atoms with E-state index in [1.807, 2.05) is 18.2 Å². The molecule has 1 fully saturated rings. The summed E-state index contributed by atoms with van der Waals surface area (Å²) in [6.45, 7) is 0.946. The van der Waals surface area contributed by atoms with E-state index in [0.29, 0.717) is 0 Å². The van der Waals surface area contributed by atoms with Crippen LogP contribution in [0.3, 0.4) is 0 Å². The quantitative estimate of drug-likeness (QED) is 0.808. The highest BCUT2D eigenvalue weighted by molar-refractivity contribution is 5.42. The third-order valence-corrected chi connectivity index (χ3v) is 3.73. The van der Waals surface area contributed by atoms with Crippen molar-refractivity contribution in [1.29, 1.82) is 0 Å². The molecular weight excluding hydrogens is 230 g/mol. The van der Waals surface area contributed by atoms with Crippen LogP contribution in [0.15, 0.2) is 18.2 Å². The van der Waals surface area contributed by atoms with Crippen LogP contribution in [0.4, 0.5) is 0 Å². The Morgan fingerprint density at radius 1 is 1.22 bits per heavy atom. The molecular formula is C14H21NO3. The summed E-state index contributed by atoms with van der Waals surface area (Å²) in [6, 6.07) is 5.88. The van der Waals surface area contributed by atoms with Gasteiger partial charge in [-0.2, -0.15) is 0 Å². The fraction of sp³-hybridized carbons (Fsp3) is 0.571. The van der Waals surface area contributed by atoms with Crippen molar-refractivity contribution in [1.82, 2.24) is 5.32 Å². The van der Waals surface area contributed by atoms with Gasteiger partial charge in [0, 0.05) is 12.1 Å². The lowest BCUT2D eigenvalue weighted by Crippen LogP contribution is -2.53. The van der Waals surface area contributed by atoms with E-state index in [0.717, 1.165) is 36.4 Å². The number of benzene rings is 1. The molecule has 4 heteroatoms. The molecule has 18 heavy (non-hydrogen) atoms. The number of aliphatic hydroxyl groups excluding tert-OH is 1. The third-order valence-electron chi connectivity index (χ3n) is 3.73. The second-order valence-corrected chi connectivity index (χ2v) is 4.83. The fourth-order valence-electron chi connectivity index (χ4n) is 2.27. The van der Waals surface area contributed by atoms with Crippen molar-refractivity contribution in [2.45, 2.75) is 31.3 Å². The van der Waals surface area contributed by atoms with Crippen LogP contribution < -0.4 is 14.8 Å². The van der Waals surface area contributed by atoms with Crippen molar-refractivity contribution < 1.29 is 14.6 Å². The lowest BCUT2D eigenvalue weighted by atomic mass is 9.77. The standard InChI is InChI=1S/C14H21NO3/c1-17-12-5-4-11(8-13(12)18-2)9-15-14(10-16)6-3-7-14/h4-5,8,15-16H,3,6-7,9-10H2,1-2H3. The van der Waals surface area contributed by atoms with Crippen LogP contribution >= 0.6 is 0 Å². The van der Waals surface area contributed by atoms with E-state index in [9.17, 15) is 5.11 Å². The van der Waals surface area contributed by atoms with Gasteiger partial charge in [-0.1, -0.05) is 6.07 Å². The lowest BCUT2D eigenvalue weighted by molar-refractivity contribution is 0.0872. The second kappa shape index (κ2) is 5.59. The SMILES string of the molecule is COc1ccc(CNC2(CO)CCC2)cc1OC. The molecule has 1 aromatic carbocycles. The Morgan fingerprint density at radius 2 is 1.94 bits per heavy atom. The first kappa shape index (κ1) is 13.2. The van der Waals surface area contributed by atoms with E-state index in [2.05, 4.69) is 5.32 Å². The van der Waals surface area contributed by atoms with E-state index in [1.165, 1.54) is 6.42 Å². The molecule has 2 rings (SSSR count). The average Bonchev–Trinajstić information content (AvgIpc) is 2.37.